The predicted molar refractivity (Wildman–Crippen MR) is 98.0 cm³/mol. The molecule has 3 rings (SSSR count). The third kappa shape index (κ3) is 4.43. The summed E-state index contributed by atoms with van der Waals surface area (Å²) in [7, 11) is 0. The van der Waals surface area contributed by atoms with Gasteiger partial charge in [0.1, 0.15) is 11.6 Å². The molecule has 0 N–H and O–H groups in total. The summed E-state index contributed by atoms with van der Waals surface area (Å²) in [6.45, 7) is 2.04. The number of halogens is 5. The van der Waals surface area contributed by atoms with Crippen molar-refractivity contribution in [2.75, 3.05) is 0 Å². The van der Waals surface area contributed by atoms with E-state index in [1.807, 2.05) is 6.92 Å². The number of alkyl halides is 2. The Morgan fingerprint density at radius 1 is 0.786 bits per heavy atom. The summed E-state index contributed by atoms with van der Waals surface area (Å²) >= 11 is 0. The molecule has 0 radical (unpaired) electrons. The van der Waals surface area contributed by atoms with Crippen LogP contribution in [0.4, 0.5) is 22.0 Å². The number of hydrogen-bond acceptors (Lipinski definition) is 1. The van der Waals surface area contributed by atoms with Crippen molar-refractivity contribution >= 4 is 10.8 Å². The molecule has 3 aromatic rings. The van der Waals surface area contributed by atoms with E-state index in [0.717, 1.165) is 49.6 Å². The SMILES string of the molecule is CCCCCc1ccc(C(F)(F)Oc2ccc3cc(F)c(F)cc3c2)c(F)c1. The van der Waals surface area contributed by atoms with E-state index >= 15 is 0 Å². The molecule has 0 aliphatic rings. The third-order valence-corrected chi connectivity index (χ3v) is 4.51. The number of fused-ring (bicyclic) bond motifs is 1. The van der Waals surface area contributed by atoms with Gasteiger partial charge in [-0.2, -0.15) is 8.78 Å². The smallest absolute Gasteiger partial charge is 0.429 e. The maximum atomic E-state index is 14.5. The molecule has 0 aliphatic heterocycles. The Labute approximate surface area is 159 Å². The van der Waals surface area contributed by atoms with Crippen LogP contribution in [-0.2, 0) is 12.5 Å². The molecule has 0 spiro atoms. The highest BCUT2D eigenvalue weighted by Crippen LogP contribution is 2.35. The molecule has 28 heavy (non-hydrogen) atoms. The molecule has 148 valence electrons. The first-order valence-electron chi connectivity index (χ1n) is 9.04. The van der Waals surface area contributed by atoms with E-state index < -0.39 is 29.1 Å². The minimum absolute atomic E-state index is 0.193. The van der Waals surface area contributed by atoms with Gasteiger partial charge in [0.05, 0.1) is 5.56 Å². The molecule has 0 fully saturated rings. The Hall–Kier alpha value is -2.63. The molecule has 6 heteroatoms. The zero-order chi connectivity index (χ0) is 20.3. The molecule has 0 saturated carbocycles. The molecule has 1 nitrogen and oxygen atoms in total. The Balaban J connectivity index is 1.83. The van der Waals surface area contributed by atoms with E-state index in [1.54, 1.807) is 0 Å². The Morgan fingerprint density at radius 2 is 1.50 bits per heavy atom. The highest BCUT2D eigenvalue weighted by molar-refractivity contribution is 5.84. The van der Waals surface area contributed by atoms with Crippen molar-refractivity contribution in [3.63, 3.8) is 0 Å². The largest absolute Gasteiger partial charge is 0.429 e. The highest BCUT2D eigenvalue weighted by atomic mass is 19.3. The predicted octanol–water partition coefficient (Wildman–Crippen LogP) is 7.12. The lowest BCUT2D eigenvalue weighted by Crippen LogP contribution is -2.23. The van der Waals surface area contributed by atoms with E-state index in [0.29, 0.717) is 17.4 Å². The number of unbranched alkanes of at least 4 members (excludes halogenated alkanes) is 2. The molecule has 0 aliphatic carbocycles. The van der Waals surface area contributed by atoms with Gasteiger partial charge in [-0.25, -0.2) is 13.2 Å². The van der Waals surface area contributed by atoms with Crippen molar-refractivity contribution in [3.05, 3.63) is 77.1 Å². The standard InChI is InChI=1S/C22H19F5O/c1-2-3-4-5-14-6-9-18(19(23)10-14)22(26,27)28-17-8-7-15-12-20(24)21(25)13-16(15)11-17/h6-13H,2-5H2,1H3. The summed E-state index contributed by atoms with van der Waals surface area (Å²) in [4.78, 5) is 0. The van der Waals surface area contributed by atoms with Gasteiger partial charge in [0.15, 0.2) is 11.6 Å². The van der Waals surface area contributed by atoms with Crippen LogP contribution < -0.4 is 4.74 Å². The van der Waals surface area contributed by atoms with Crippen LogP contribution in [-0.4, -0.2) is 0 Å². The minimum Gasteiger partial charge on any atom is -0.429 e. The number of hydrogen-bond donors (Lipinski definition) is 0. The maximum absolute atomic E-state index is 14.5. The fourth-order valence-electron chi connectivity index (χ4n) is 3.02. The van der Waals surface area contributed by atoms with Crippen molar-refractivity contribution < 1.29 is 26.7 Å². The van der Waals surface area contributed by atoms with Gasteiger partial charge in [0.25, 0.3) is 0 Å². The third-order valence-electron chi connectivity index (χ3n) is 4.51. The maximum Gasteiger partial charge on any atom is 0.429 e. The molecule has 0 aromatic heterocycles. The quantitative estimate of drug-likeness (QED) is 0.306. The highest BCUT2D eigenvalue weighted by Gasteiger charge is 2.37. The van der Waals surface area contributed by atoms with Crippen LogP contribution in [0.25, 0.3) is 10.8 Å². The van der Waals surface area contributed by atoms with E-state index in [1.165, 1.54) is 18.2 Å². The van der Waals surface area contributed by atoms with Crippen molar-refractivity contribution in [3.8, 4) is 5.75 Å². The number of aryl methyl sites for hydroxylation is 1. The van der Waals surface area contributed by atoms with Gasteiger partial charge in [0.2, 0.25) is 0 Å². The molecule has 0 amide bonds. The van der Waals surface area contributed by atoms with Crippen LogP contribution >= 0.6 is 0 Å². The molecular formula is C22H19F5O. The summed E-state index contributed by atoms with van der Waals surface area (Å²) in [6.07, 6.45) is -0.456. The van der Waals surface area contributed by atoms with Gasteiger partial charge in [-0.05, 0) is 65.6 Å². The first kappa shape index (κ1) is 20.1. The summed E-state index contributed by atoms with van der Waals surface area (Å²) in [5.74, 6) is -3.46. The summed E-state index contributed by atoms with van der Waals surface area (Å²) < 4.78 is 74.5. The molecule has 0 saturated heterocycles. The van der Waals surface area contributed by atoms with Crippen molar-refractivity contribution in [2.45, 2.75) is 38.7 Å². The average Bonchev–Trinajstić information content (AvgIpc) is 2.63. The molecule has 0 bridgehead atoms. The lowest BCUT2D eigenvalue weighted by molar-refractivity contribution is -0.187. The van der Waals surface area contributed by atoms with Gasteiger partial charge in [0, 0.05) is 0 Å². The van der Waals surface area contributed by atoms with Crippen LogP contribution in [0.3, 0.4) is 0 Å². The summed E-state index contributed by atoms with van der Waals surface area (Å²) in [6, 6.07) is 9.12. The van der Waals surface area contributed by atoms with Crippen LogP contribution in [0.15, 0.2) is 48.5 Å². The summed E-state index contributed by atoms with van der Waals surface area (Å²) in [5.41, 5.74) is -0.231. The molecule has 0 atom stereocenters. The molecule has 0 heterocycles. The first-order chi connectivity index (χ1) is 13.3. The van der Waals surface area contributed by atoms with Gasteiger partial charge in [-0.15, -0.1) is 0 Å². The lowest BCUT2D eigenvalue weighted by Gasteiger charge is -2.19. The first-order valence-corrected chi connectivity index (χ1v) is 9.04. The normalized spacial score (nSPS) is 11.8. The second-order valence-corrected chi connectivity index (χ2v) is 6.67. The van der Waals surface area contributed by atoms with Gasteiger partial charge >= 0.3 is 6.11 Å². The van der Waals surface area contributed by atoms with Crippen LogP contribution in [0.1, 0.15) is 37.3 Å². The fraction of sp³-hybridized carbons (Fsp3) is 0.273. The Bertz CT molecular complexity index is 984. The number of rotatable bonds is 7. The van der Waals surface area contributed by atoms with E-state index in [4.69, 9.17) is 4.74 Å². The zero-order valence-corrected chi connectivity index (χ0v) is 15.2. The zero-order valence-electron chi connectivity index (χ0n) is 15.2. The van der Waals surface area contributed by atoms with Gasteiger partial charge in [-0.3, -0.25) is 0 Å². The number of ether oxygens (including phenoxy) is 1. The molecule has 0 unspecified atom stereocenters. The van der Waals surface area contributed by atoms with Crippen LogP contribution in [0.5, 0.6) is 5.75 Å². The van der Waals surface area contributed by atoms with E-state index in [-0.39, 0.29) is 11.1 Å². The Kier molecular flexibility index (Phi) is 5.87. The lowest BCUT2D eigenvalue weighted by atomic mass is 10.0. The molecular weight excluding hydrogens is 375 g/mol. The monoisotopic (exact) mass is 394 g/mol. The van der Waals surface area contributed by atoms with Crippen molar-refractivity contribution in [1.29, 1.82) is 0 Å². The van der Waals surface area contributed by atoms with E-state index in [9.17, 15) is 22.0 Å². The second kappa shape index (κ2) is 8.17. The Morgan fingerprint density at radius 3 is 2.18 bits per heavy atom. The van der Waals surface area contributed by atoms with E-state index in [2.05, 4.69) is 0 Å². The second-order valence-electron chi connectivity index (χ2n) is 6.67. The minimum atomic E-state index is -3.92. The van der Waals surface area contributed by atoms with Gasteiger partial charge < -0.3 is 4.74 Å². The van der Waals surface area contributed by atoms with Crippen molar-refractivity contribution in [2.24, 2.45) is 0 Å². The topological polar surface area (TPSA) is 9.23 Å². The fourth-order valence-corrected chi connectivity index (χ4v) is 3.02. The molecule has 3 aromatic carbocycles. The van der Waals surface area contributed by atoms with Gasteiger partial charge in [-0.1, -0.05) is 31.9 Å². The summed E-state index contributed by atoms with van der Waals surface area (Å²) in [5, 5.41) is 0.524. The average molecular weight is 394 g/mol. The van der Waals surface area contributed by atoms with Crippen molar-refractivity contribution in [1.82, 2.24) is 0 Å². The van der Waals surface area contributed by atoms with Crippen LogP contribution in [0, 0.1) is 17.5 Å². The number of benzene rings is 3. The van der Waals surface area contributed by atoms with Crippen LogP contribution in [0.2, 0.25) is 0 Å².